The van der Waals surface area contributed by atoms with Crippen LogP contribution in [0.3, 0.4) is 0 Å². The molecule has 1 fully saturated rings. The molecule has 2 aromatic carbocycles. The van der Waals surface area contributed by atoms with Gasteiger partial charge in [0.2, 0.25) is 5.91 Å². The van der Waals surface area contributed by atoms with Crippen molar-refractivity contribution in [2.75, 3.05) is 20.2 Å². The highest BCUT2D eigenvalue weighted by atomic mass is 19.1. The number of likely N-dealkylation sites (tertiary alicyclic amines) is 1. The Kier molecular flexibility index (Phi) is 8.64. The highest BCUT2D eigenvalue weighted by Gasteiger charge is 2.49. The van der Waals surface area contributed by atoms with Crippen LogP contribution in [-0.4, -0.2) is 58.7 Å². The number of carbonyl (C=O) groups excluding carboxylic acids is 1. The third-order valence-corrected chi connectivity index (χ3v) is 7.13. The van der Waals surface area contributed by atoms with Crippen molar-refractivity contribution < 1.29 is 23.8 Å². The number of rotatable bonds is 10. The van der Waals surface area contributed by atoms with Crippen LogP contribution in [0.5, 0.6) is 5.75 Å². The number of benzene rings is 2. The first-order valence-electron chi connectivity index (χ1n) is 12.7. The molecular weight excluding hydrogens is 459 g/mol. The van der Waals surface area contributed by atoms with Crippen LogP contribution in [-0.2, 0) is 16.6 Å². The fraction of sp³-hybridized carbons (Fsp3) is 0.517. The Labute approximate surface area is 214 Å². The lowest BCUT2D eigenvalue weighted by Crippen LogP contribution is -2.66. The van der Waals surface area contributed by atoms with E-state index in [2.05, 4.69) is 6.92 Å². The smallest absolute Gasteiger partial charge is 0.408 e. The lowest BCUT2D eigenvalue weighted by molar-refractivity contribution is -0.146. The summed E-state index contributed by atoms with van der Waals surface area (Å²) in [4.78, 5) is 29.3. The number of methoxy groups -OCH3 is 1. The molecule has 0 spiro atoms. The Hall–Kier alpha value is -3.09. The van der Waals surface area contributed by atoms with Gasteiger partial charge in [0.1, 0.15) is 17.6 Å². The van der Waals surface area contributed by atoms with Crippen LogP contribution in [0.2, 0.25) is 0 Å². The van der Waals surface area contributed by atoms with Gasteiger partial charge in [0, 0.05) is 30.5 Å². The van der Waals surface area contributed by atoms with E-state index in [0.29, 0.717) is 18.8 Å². The quantitative estimate of drug-likeness (QED) is 0.415. The van der Waals surface area contributed by atoms with Gasteiger partial charge < -0.3 is 14.7 Å². The minimum absolute atomic E-state index is 0.198. The summed E-state index contributed by atoms with van der Waals surface area (Å²) in [5.74, 6) is 0.222. The van der Waals surface area contributed by atoms with Crippen LogP contribution in [0.15, 0.2) is 48.5 Å². The second-order valence-electron chi connectivity index (χ2n) is 10.8. The monoisotopic (exact) mass is 498 g/mol. The van der Waals surface area contributed by atoms with Crippen molar-refractivity contribution in [3.63, 3.8) is 0 Å². The van der Waals surface area contributed by atoms with Gasteiger partial charge in [-0.05, 0) is 62.6 Å². The maximum Gasteiger partial charge on any atom is 0.408 e. The largest absolute Gasteiger partial charge is 0.497 e. The van der Waals surface area contributed by atoms with E-state index in [-0.39, 0.29) is 23.6 Å². The van der Waals surface area contributed by atoms with Gasteiger partial charge in [-0.3, -0.25) is 9.69 Å². The number of ether oxygens (including phenoxy) is 1. The molecule has 0 radical (unpaired) electrons. The molecule has 7 heteroatoms. The predicted molar refractivity (Wildman–Crippen MR) is 139 cm³/mol. The van der Waals surface area contributed by atoms with Gasteiger partial charge in [-0.1, -0.05) is 50.5 Å². The number of halogens is 1. The number of hydrogen-bond acceptors (Lipinski definition) is 3. The zero-order valence-electron chi connectivity index (χ0n) is 22.1. The molecule has 3 rings (SSSR count). The van der Waals surface area contributed by atoms with E-state index in [0.717, 1.165) is 36.8 Å². The minimum atomic E-state index is -1.12. The number of amides is 2. The van der Waals surface area contributed by atoms with E-state index in [1.165, 1.54) is 17.0 Å². The Morgan fingerprint density at radius 2 is 1.69 bits per heavy atom. The van der Waals surface area contributed by atoms with Crippen LogP contribution in [0.4, 0.5) is 9.18 Å². The van der Waals surface area contributed by atoms with Crippen molar-refractivity contribution in [1.82, 2.24) is 9.80 Å². The molecule has 1 saturated heterocycles. The molecule has 6 nitrogen and oxygen atoms in total. The number of nitrogens with zero attached hydrogens (tertiary/aromatic N) is 2. The normalized spacial score (nSPS) is 15.7. The van der Waals surface area contributed by atoms with Crippen molar-refractivity contribution in [2.24, 2.45) is 0 Å². The number of carboxylic acid groups (broad SMARTS) is 1. The van der Waals surface area contributed by atoms with Gasteiger partial charge >= 0.3 is 6.09 Å². The molecule has 1 atom stereocenters. The summed E-state index contributed by atoms with van der Waals surface area (Å²) in [5, 5.41) is 10.1. The lowest BCUT2D eigenvalue weighted by atomic mass is 9.70. The Morgan fingerprint density at radius 3 is 2.19 bits per heavy atom. The van der Waals surface area contributed by atoms with Crippen molar-refractivity contribution >= 4 is 12.0 Å². The van der Waals surface area contributed by atoms with Gasteiger partial charge in [-0.15, -0.1) is 0 Å². The van der Waals surface area contributed by atoms with Crippen LogP contribution in [0, 0.1) is 5.82 Å². The van der Waals surface area contributed by atoms with Crippen molar-refractivity contribution in [3.05, 3.63) is 65.5 Å². The van der Waals surface area contributed by atoms with E-state index in [9.17, 15) is 19.1 Å². The molecular formula is C29H39FN2O4. The molecule has 1 aliphatic rings. The standard InChI is InChI=1S/C29H39FN2O4/c1-6-7-8-17-29(22-11-13-23(30)14-12-22)19-31(20-29)26(33)25(32(27(34)35)28(2,3)4)18-21-9-15-24(36-5)16-10-21/h9-16,25H,6-8,17-20H2,1-5H3,(H,34,35). The molecule has 2 amide bonds. The summed E-state index contributed by atoms with van der Waals surface area (Å²) in [6, 6.07) is 13.1. The van der Waals surface area contributed by atoms with Crippen molar-refractivity contribution in [1.29, 1.82) is 0 Å². The molecule has 36 heavy (non-hydrogen) atoms. The predicted octanol–water partition coefficient (Wildman–Crippen LogP) is 5.88. The summed E-state index contributed by atoms with van der Waals surface area (Å²) in [6.07, 6.45) is 3.25. The van der Waals surface area contributed by atoms with Crippen LogP contribution < -0.4 is 4.74 Å². The Bertz CT molecular complexity index is 1020. The number of hydrogen-bond donors (Lipinski definition) is 1. The number of unbranched alkanes of at least 4 members (excludes halogenated alkanes) is 2. The van der Waals surface area contributed by atoms with Crippen molar-refractivity contribution in [3.8, 4) is 5.75 Å². The van der Waals surface area contributed by atoms with Crippen LogP contribution in [0.25, 0.3) is 0 Å². The second-order valence-corrected chi connectivity index (χ2v) is 10.8. The van der Waals surface area contributed by atoms with E-state index in [1.54, 1.807) is 32.8 Å². The summed E-state index contributed by atoms with van der Waals surface area (Å²) in [6.45, 7) is 8.56. The van der Waals surface area contributed by atoms with Crippen LogP contribution >= 0.6 is 0 Å². The average Bonchev–Trinajstić information content (AvgIpc) is 2.80. The van der Waals surface area contributed by atoms with E-state index in [1.807, 2.05) is 36.4 Å². The first-order chi connectivity index (χ1) is 17.0. The van der Waals surface area contributed by atoms with Gasteiger partial charge in [0.05, 0.1) is 7.11 Å². The SMILES string of the molecule is CCCCCC1(c2ccc(F)cc2)CN(C(=O)C(Cc2ccc(OC)cc2)N(C(=O)O)C(C)(C)C)C1. The topological polar surface area (TPSA) is 70.1 Å². The lowest BCUT2D eigenvalue weighted by Gasteiger charge is -2.53. The van der Waals surface area contributed by atoms with E-state index in [4.69, 9.17) is 4.74 Å². The first kappa shape index (κ1) is 27.5. The third-order valence-electron chi connectivity index (χ3n) is 7.13. The molecule has 0 bridgehead atoms. The Morgan fingerprint density at radius 1 is 1.08 bits per heavy atom. The fourth-order valence-corrected chi connectivity index (χ4v) is 5.21. The number of carbonyl (C=O) groups is 2. The van der Waals surface area contributed by atoms with E-state index < -0.39 is 17.7 Å². The van der Waals surface area contributed by atoms with Crippen molar-refractivity contribution in [2.45, 2.75) is 76.8 Å². The highest BCUT2D eigenvalue weighted by molar-refractivity contribution is 5.87. The first-order valence-corrected chi connectivity index (χ1v) is 12.7. The maximum absolute atomic E-state index is 13.9. The molecule has 0 aliphatic carbocycles. The minimum Gasteiger partial charge on any atom is -0.497 e. The Balaban J connectivity index is 1.88. The molecule has 2 aromatic rings. The molecule has 0 aromatic heterocycles. The molecule has 196 valence electrons. The molecule has 1 aliphatic heterocycles. The maximum atomic E-state index is 13.9. The molecule has 1 N–H and O–H groups in total. The molecule has 0 saturated carbocycles. The summed E-state index contributed by atoms with van der Waals surface area (Å²) in [5.41, 5.74) is 0.886. The second kappa shape index (κ2) is 11.3. The summed E-state index contributed by atoms with van der Waals surface area (Å²) >= 11 is 0. The highest BCUT2D eigenvalue weighted by Crippen LogP contribution is 2.40. The third kappa shape index (κ3) is 6.18. The van der Waals surface area contributed by atoms with Gasteiger partial charge in [0.15, 0.2) is 0 Å². The van der Waals surface area contributed by atoms with Gasteiger partial charge in [0.25, 0.3) is 0 Å². The summed E-state index contributed by atoms with van der Waals surface area (Å²) < 4.78 is 18.8. The fourth-order valence-electron chi connectivity index (χ4n) is 5.21. The molecule has 1 unspecified atom stereocenters. The van der Waals surface area contributed by atoms with E-state index >= 15 is 0 Å². The van der Waals surface area contributed by atoms with Gasteiger partial charge in [-0.2, -0.15) is 0 Å². The van der Waals surface area contributed by atoms with Crippen LogP contribution in [0.1, 0.15) is 64.5 Å². The van der Waals surface area contributed by atoms with Gasteiger partial charge in [-0.25, -0.2) is 9.18 Å². The molecule has 1 heterocycles. The zero-order chi connectivity index (χ0) is 26.5. The summed E-state index contributed by atoms with van der Waals surface area (Å²) in [7, 11) is 1.59. The zero-order valence-corrected chi connectivity index (χ0v) is 22.1. The average molecular weight is 499 g/mol.